The van der Waals surface area contributed by atoms with Crippen molar-refractivity contribution in [2.45, 2.75) is 46.1 Å². The zero-order chi connectivity index (χ0) is 21.3. The van der Waals surface area contributed by atoms with E-state index in [1.807, 2.05) is 36.5 Å². The predicted molar refractivity (Wildman–Crippen MR) is 121 cm³/mol. The predicted octanol–water partition coefficient (Wildman–Crippen LogP) is 4.48. The molecule has 1 aliphatic heterocycles. The Morgan fingerprint density at radius 1 is 1.20 bits per heavy atom. The summed E-state index contributed by atoms with van der Waals surface area (Å²) in [5.41, 5.74) is 13.2. The van der Waals surface area contributed by atoms with Crippen LogP contribution in [0.25, 0.3) is 0 Å². The molecule has 0 radical (unpaired) electrons. The zero-order valence-corrected chi connectivity index (χ0v) is 17.9. The minimum Gasteiger partial charge on any atom is -0.368 e. The second-order valence-corrected chi connectivity index (χ2v) is 8.37. The number of nitrogens with two attached hydrogens (primary N) is 1. The summed E-state index contributed by atoms with van der Waals surface area (Å²) in [5.74, 6) is 0.922. The SMILES string of the molecule is Cc1ccc(C(=O)Cc2cccc(C(C)C)c2)cc1N1CCc2nc(N)ncc2C1. The molecular formula is C25H28N4O. The highest BCUT2D eigenvalue weighted by Gasteiger charge is 2.21. The summed E-state index contributed by atoms with van der Waals surface area (Å²) in [5, 5.41) is 0. The van der Waals surface area contributed by atoms with E-state index >= 15 is 0 Å². The molecule has 5 nitrogen and oxygen atoms in total. The molecule has 0 bridgehead atoms. The smallest absolute Gasteiger partial charge is 0.220 e. The third-order valence-electron chi connectivity index (χ3n) is 5.81. The van der Waals surface area contributed by atoms with Gasteiger partial charge < -0.3 is 10.6 Å². The number of carbonyl (C=O) groups excluding carboxylic acids is 1. The minimum absolute atomic E-state index is 0.144. The number of aromatic nitrogens is 2. The molecule has 5 heteroatoms. The summed E-state index contributed by atoms with van der Waals surface area (Å²) in [6.07, 6.45) is 3.05. The number of nitrogen functional groups attached to an aromatic ring is 1. The molecule has 154 valence electrons. The molecule has 0 aliphatic carbocycles. The average Bonchev–Trinajstić information content (AvgIpc) is 2.74. The number of nitrogens with zero attached hydrogens (tertiary/aromatic N) is 3. The van der Waals surface area contributed by atoms with Crippen LogP contribution in [0.1, 0.15) is 58.1 Å². The lowest BCUT2D eigenvalue weighted by Gasteiger charge is -2.31. The first-order chi connectivity index (χ1) is 14.4. The molecule has 0 spiro atoms. The van der Waals surface area contributed by atoms with Gasteiger partial charge in [-0.25, -0.2) is 9.97 Å². The van der Waals surface area contributed by atoms with Crippen molar-refractivity contribution in [2.75, 3.05) is 17.2 Å². The average molecular weight is 401 g/mol. The lowest BCUT2D eigenvalue weighted by atomic mass is 9.96. The topological polar surface area (TPSA) is 72.1 Å². The summed E-state index contributed by atoms with van der Waals surface area (Å²) < 4.78 is 0. The molecule has 2 aromatic carbocycles. The fourth-order valence-electron chi connectivity index (χ4n) is 4.01. The summed E-state index contributed by atoms with van der Waals surface area (Å²) in [7, 11) is 0. The first-order valence-electron chi connectivity index (χ1n) is 10.5. The number of hydrogen-bond donors (Lipinski definition) is 1. The Hall–Kier alpha value is -3.21. The molecule has 1 aliphatic rings. The number of carbonyl (C=O) groups is 1. The zero-order valence-electron chi connectivity index (χ0n) is 17.9. The molecule has 0 saturated heterocycles. The van der Waals surface area contributed by atoms with Crippen LogP contribution in [-0.2, 0) is 19.4 Å². The van der Waals surface area contributed by atoms with Crippen LogP contribution < -0.4 is 10.6 Å². The van der Waals surface area contributed by atoms with Crippen molar-refractivity contribution in [2.24, 2.45) is 0 Å². The number of benzene rings is 2. The van der Waals surface area contributed by atoms with Gasteiger partial charge >= 0.3 is 0 Å². The van der Waals surface area contributed by atoms with Gasteiger partial charge in [0.2, 0.25) is 5.95 Å². The number of anilines is 2. The number of fused-ring (bicyclic) bond motifs is 1. The second kappa shape index (κ2) is 8.27. The third-order valence-corrected chi connectivity index (χ3v) is 5.81. The van der Waals surface area contributed by atoms with Gasteiger partial charge in [0.15, 0.2) is 5.78 Å². The highest BCUT2D eigenvalue weighted by Crippen LogP contribution is 2.28. The van der Waals surface area contributed by atoms with Crippen molar-refractivity contribution in [3.8, 4) is 0 Å². The van der Waals surface area contributed by atoms with Gasteiger partial charge in [-0.15, -0.1) is 0 Å². The molecule has 2 N–H and O–H groups in total. The Balaban J connectivity index is 1.55. The third kappa shape index (κ3) is 4.20. The Bertz CT molecular complexity index is 1090. The quantitative estimate of drug-likeness (QED) is 0.640. The van der Waals surface area contributed by atoms with Gasteiger partial charge in [-0.2, -0.15) is 0 Å². The maximum absolute atomic E-state index is 13.0. The van der Waals surface area contributed by atoms with Gasteiger partial charge in [0.1, 0.15) is 0 Å². The van der Waals surface area contributed by atoms with Crippen LogP contribution in [-0.4, -0.2) is 22.3 Å². The number of Topliss-reactive ketones (excluding diaryl/α,β-unsaturated/α-hetero) is 1. The van der Waals surface area contributed by atoms with Crippen LogP contribution in [0.4, 0.5) is 11.6 Å². The Kier molecular flexibility index (Phi) is 5.53. The van der Waals surface area contributed by atoms with Gasteiger partial charge in [0.05, 0.1) is 5.69 Å². The molecule has 2 heterocycles. The van der Waals surface area contributed by atoms with E-state index < -0.39 is 0 Å². The minimum atomic E-state index is 0.144. The Labute approximate surface area is 178 Å². The maximum Gasteiger partial charge on any atom is 0.220 e. The van der Waals surface area contributed by atoms with E-state index in [0.717, 1.165) is 53.1 Å². The molecule has 3 aromatic rings. The Morgan fingerprint density at radius 2 is 2.03 bits per heavy atom. The summed E-state index contributed by atoms with van der Waals surface area (Å²) in [4.78, 5) is 23.8. The van der Waals surface area contributed by atoms with Crippen LogP contribution in [0.5, 0.6) is 0 Å². The molecule has 0 unspecified atom stereocenters. The summed E-state index contributed by atoms with van der Waals surface area (Å²) in [6.45, 7) is 8.00. The first kappa shape index (κ1) is 20.1. The summed E-state index contributed by atoms with van der Waals surface area (Å²) >= 11 is 0. The van der Waals surface area contributed by atoms with Crippen molar-refractivity contribution < 1.29 is 4.79 Å². The fraction of sp³-hybridized carbons (Fsp3) is 0.320. The van der Waals surface area contributed by atoms with Crippen molar-refractivity contribution >= 4 is 17.4 Å². The number of hydrogen-bond acceptors (Lipinski definition) is 5. The van der Waals surface area contributed by atoms with Crippen LogP contribution in [0.15, 0.2) is 48.7 Å². The van der Waals surface area contributed by atoms with Crippen molar-refractivity contribution in [3.05, 3.63) is 82.2 Å². The first-order valence-corrected chi connectivity index (χ1v) is 10.5. The van der Waals surface area contributed by atoms with Crippen LogP contribution in [0.3, 0.4) is 0 Å². The van der Waals surface area contributed by atoms with Gasteiger partial charge in [-0.1, -0.05) is 50.2 Å². The fourth-order valence-corrected chi connectivity index (χ4v) is 4.01. The van der Waals surface area contributed by atoms with E-state index in [2.05, 4.69) is 47.8 Å². The molecule has 30 heavy (non-hydrogen) atoms. The van der Waals surface area contributed by atoms with Gasteiger partial charge in [0, 0.05) is 48.9 Å². The van der Waals surface area contributed by atoms with E-state index in [1.54, 1.807) is 0 Å². The monoisotopic (exact) mass is 400 g/mol. The highest BCUT2D eigenvalue weighted by atomic mass is 16.1. The lowest BCUT2D eigenvalue weighted by Crippen LogP contribution is -2.32. The van der Waals surface area contributed by atoms with Crippen LogP contribution >= 0.6 is 0 Å². The molecule has 0 atom stereocenters. The number of ketones is 1. The number of rotatable bonds is 5. The van der Waals surface area contributed by atoms with E-state index in [1.165, 1.54) is 5.56 Å². The lowest BCUT2D eigenvalue weighted by molar-refractivity contribution is 0.0993. The van der Waals surface area contributed by atoms with E-state index in [4.69, 9.17) is 5.73 Å². The van der Waals surface area contributed by atoms with Crippen molar-refractivity contribution in [1.29, 1.82) is 0 Å². The van der Waals surface area contributed by atoms with Crippen LogP contribution in [0, 0.1) is 6.92 Å². The molecule has 4 rings (SSSR count). The maximum atomic E-state index is 13.0. The van der Waals surface area contributed by atoms with Crippen LogP contribution in [0.2, 0.25) is 0 Å². The van der Waals surface area contributed by atoms with E-state index in [0.29, 0.717) is 18.3 Å². The highest BCUT2D eigenvalue weighted by molar-refractivity contribution is 5.98. The number of aryl methyl sites for hydroxylation is 1. The normalized spacial score (nSPS) is 13.4. The molecular weight excluding hydrogens is 372 g/mol. The van der Waals surface area contributed by atoms with E-state index in [9.17, 15) is 4.79 Å². The van der Waals surface area contributed by atoms with Gasteiger partial charge in [-0.05, 0) is 35.6 Å². The Morgan fingerprint density at radius 3 is 2.83 bits per heavy atom. The standard InChI is InChI=1S/C25H28N4O/c1-16(2)19-6-4-5-18(11-19)12-24(30)20-8-7-17(3)23(13-20)29-10-9-22-21(15-29)14-27-25(26)28-22/h4-8,11,13-14,16H,9-10,12,15H2,1-3H3,(H2,26,27,28). The molecule has 1 aromatic heterocycles. The van der Waals surface area contributed by atoms with E-state index in [-0.39, 0.29) is 5.78 Å². The van der Waals surface area contributed by atoms with Crippen molar-refractivity contribution in [3.63, 3.8) is 0 Å². The van der Waals surface area contributed by atoms with Gasteiger partial charge in [-0.3, -0.25) is 4.79 Å². The second-order valence-electron chi connectivity index (χ2n) is 8.37. The summed E-state index contributed by atoms with van der Waals surface area (Å²) in [6, 6.07) is 14.4. The molecule has 0 saturated carbocycles. The molecule has 0 fully saturated rings. The van der Waals surface area contributed by atoms with Gasteiger partial charge in [0.25, 0.3) is 0 Å². The van der Waals surface area contributed by atoms with Crippen molar-refractivity contribution in [1.82, 2.24) is 9.97 Å². The largest absolute Gasteiger partial charge is 0.368 e. The molecule has 0 amide bonds.